The van der Waals surface area contributed by atoms with Gasteiger partial charge >= 0.3 is 0 Å². The zero-order chi connectivity index (χ0) is 11.6. The number of nitrogens with two attached hydrogens (primary N) is 1. The van der Waals surface area contributed by atoms with Gasteiger partial charge in [-0.1, -0.05) is 18.5 Å². The van der Waals surface area contributed by atoms with Crippen LogP contribution >= 0.6 is 11.6 Å². The van der Waals surface area contributed by atoms with Crippen LogP contribution in [0.1, 0.15) is 24.0 Å². The molecule has 3 nitrogen and oxygen atoms in total. The van der Waals surface area contributed by atoms with Crippen molar-refractivity contribution >= 4 is 11.6 Å². The lowest BCUT2D eigenvalue weighted by Crippen LogP contribution is -2.11. The predicted molar refractivity (Wildman–Crippen MR) is 61.9 cm³/mol. The van der Waals surface area contributed by atoms with Gasteiger partial charge in [-0.2, -0.15) is 0 Å². The van der Waals surface area contributed by atoms with Crippen molar-refractivity contribution in [2.24, 2.45) is 5.73 Å². The number of halogens is 1. The Kier molecular flexibility index (Phi) is 3.83. The quantitative estimate of drug-likeness (QED) is 0.837. The third-order valence-corrected chi connectivity index (χ3v) is 2.87. The van der Waals surface area contributed by atoms with Crippen LogP contribution in [0.4, 0.5) is 0 Å². The molecule has 0 aliphatic heterocycles. The molecule has 15 heavy (non-hydrogen) atoms. The van der Waals surface area contributed by atoms with Gasteiger partial charge in [0.05, 0.1) is 12.1 Å². The second kappa shape index (κ2) is 4.73. The molecule has 0 aliphatic carbocycles. The number of rotatable bonds is 3. The van der Waals surface area contributed by atoms with Gasteiger partial charge in [-0.25, -0.2) is 0 Å². The largest absolute Gasteiger partial charge is 0.504 e. The number of hydrogen-bond acceptors (Lipinski definition) is 3. The lowest BCUT2D eigenvalue weighted by Gasteiger charge is -2.17. The van der Waals surface area contributed by atoms with Crippen molar-refractivity contribution in [1.29, 1.82) is 0 Å². The predicted octanol–water partition coefficient (Wildman–Crippen LogP) is 2.42. The molecule has 0 saturated carbocycles. The summed E-state index contributed by atoms with van der Waals surface area (Å²) >= 11 is 6.15. The van der Waals surface area contributed by atoms with Gasteiger partial charge in [0.25, 0.3) is 0 Å². The summed E-state index contributed by atoms with van der Waals surface area (Å²) in [5.41, 5.74) is 7.48. The summed E-state index contributed by atoms with van der Waals surface area (Å²) in [5.74, 6) is 0.525. The van der Waals surface area contributed by atoms with E-state index in [1.54, 1.807) is 6.07 Å². The molecular formula is C11H16ClNO2. The van der Waals surface area contributed by atoms with Gasteiger partial charge in [0.15, 0.2) is 11.5 Å². The highest BCUT2D eigenvalue weighted by molar-refractivity contribution is 6.33. The molecule has 84 valence electrons. The van der Waals surface area contributed by atoms with Gasteiger partial charge < -0.3 is 15.6 Å². The van der Waals surface area contributed by atoms with E-state index in [4.69, 9.17) is 22.1 Å². The number of methoxy groups -OCH3 is 1. The van der Waals surface area contributed by atoms with Gasteiger partial charge in [-0.15, -0.1) is 0 Å². The summed E-state index contributed by atoms with van der Waals surface area (Å²) in [4.78, 5) is 0. The maximum atomic E-state index is 9.61. The van der Waals surface area contributed by atoms with Crippen molar-refractivity contribution in [3.05, 3.63) is 22.2 Å². The Labute approximate surface area is 94.8 Å². The number of phenols is 1. The molecule has 0 heterocycles. The highest BCUT2D eigenvalue weighted by Gasteiger charge is 2.18. The van der Waals surface area contributed by atoms with Gasteiger partial charge in [0, 0.05) is 0 Å². The Bertz CT molecular complexity index is 366. The topological polar surface area (TPSA) is 55.5 Å². The number of hydrogen-bond donors (Lipinski definition) is 2. The summed E-state index contributed by atoms with van der Waals surface area (Å²) in [6.45, 7) is 4.39. The molecule has 1 rings (SSSR count). The second-order valence-electron chi connectivity index (χ2n) is 3.61. The molecule has 1 unspecified atom stereocenters. The van der Waals surface area contributed by atoms with Crippen LogP contribution in [0, 0.1) is 6.92 Å². The van der Waals surface area contributed by atoms with E-state index in [9.17, 15) is 5.11 Å². The van der Waals surface area contributed by atoms with E-state index in [2.05, 4.69) is 0 Å². The third kappa shape index (κ3) is 2.19. The van der Waals surface area contributed by atoms with E-state index < -0.39 is 0 Å². The normalized spacial score (nSPS) is 12.6. The molecule has 0 fully saturated rings. The highest BCUT2D eigenvalue weighted by Crippen LogP contribution is 2.41. The first-order chi connectivity index (χ1) is 7.02. The van der Waals surface area contributed by atoms with Crippen LogP contribution in [0.2, 0.25) is 5.02 Å². The lowest BCUT2D eigenvalue weighted by molar-refractivity contribution is 0.372. The lowest BCUT2D eigenvalue weighted by atomic mass is 9.95. The fraction of sp³-hybridized carbons (Fsp3) is 0.455. The molecule has 0 bridgehead atoms. The molecule has 1 aromatic rings. The maximum Gasteiger partial charge on any atom is 0.179 e. The van der Waals surface area contributed by atoms with E-state index in [0.717, 1.165) is 11.1 Å². The zero-order valence-corrected chi connectivity index (χ0v) is 9.93. The van der Waals surface area contributed by atoms with Crippen LogP contribution < -0.4 is 10.5 Å². The van der Waals surface area contributed by atoms with Crippen molar-refractivity contribution < 1.29 is 9.84 Å². The minimum absolute atomic E-state index is 0.0629. The number of phenolic OH excluding ortho intramolecular Hbond substituents is 1. The van der Waals surface area contributed by atoms with Gasteiger partial charge in [0.2, 0.25) is 0 Å². The third-order valence-electron chi connectivity index (χ3n) is 2.50. The minimum atomic E-state index is 0.0629. The van der Waals surface area contributed by atoms with Crippen LogP contribution in [0.3, 0.4) is 0 Å². The number of benzene rings is 1. The summed E-state index contributed by atoms with van der Waals surface area (Å²) in [7, 11) is 1.48. The maximum absolute atomic E-state index is 9.61. The molecule has 1 aromatic carbocycles. The van der Waals surface area contributed by atoms with E-state index in [0.29, 0.717) is 17.3 Å². The van der Waals surface area contributed by atoms with Crippen LogP contribution in [0.15, 0.2) is 6.07 Å². The minimum Gasteiger partial charge on any atom is -0.504 e. The number of ether oxygens (including phenoxy) is 1. The Morgan fingerprint density at radius 1 is 1.60 bits per heavy atom. The van der Waals surface area contributed by atoms with Gasteiger partial charge in [-0.05, 0) is 36.6 Å². The number of aryl methyl sites for hydroxylation is 1. The van der Waals surface area contributed by atoms with E-state index in [1.807, 2.05) is 13.8 Å². The molecule has 0 radical (unpaired) electrons. The fourth-order valence-corrected chi connectivity index (χ4v) is 2.18. The molecule has 1 atom stereocenters. The molecule has 0 spiro atoms. The first-order valence-corrected chi connectivity index (χ1v) is 5.16. The second-order valence-corrected chi connectivity index (χ2v) is 3.99. The molecule has 0 amide bonds. The van der Waals surface area contributed by atoms with Crippen LogP contribution in [0.5, 0.6) is 11.5 Å². The zero-order valence-electron chi connectivity index (χ0n) is 9.17. The van der Waals surface area contributed by atoms with Crippen LogP contribution in [0.25, 0.3) is 0 Å². The van der Waals surface area contributed by atoms with E-state index in [1.165, 1.54) is 7.11 Å². The standard InChI is InChI=1S/C11H16ClNO2/c1-6-4-8(14)11(15-3)10(12)9(6)7(2)5-13/h4,7,14H,5,13H2,1-3H3. The monoisotopic (exact) mass is 229 g/mol. The summed E-state index contributed by atoms with van der Waals surface area (Å²) < 4.78 is 5.04. The molecule has 0 aliphatic rings. The number of aromatic hydroxyl groups is 1. The van der Waals surface area contributed by atoms with Crippen molar-refractivity contribution in [2.75, 3.05) is 13.7 Å². The van der Waals surface area contributed by atoms with Crippen molar-refractivity contribution in [2.45, 2.75) is 19.8 Å². The summed E-state index contributed by atoms with van der Waals surface area (Å²) in [5, 5.41) is 10.1. The Balaban J connectivity index is 3.38. The summed E-state index contributed by atoms with van der Waals surface area (Å²) in [6.07, 6.45) is 0. The molecule has 3 N–H and O–H groups in total. The highest BCUT2D eigenvalue weighted by atomic mass is 35.5. The van der Waals surface area contributed by atoms with E-state index in [-0.39, 0.29) is 11.7 Å². The fourth-order valence-electron chi connectivity index (χ4n) is 1.67. The Morgan fingerprint density at radius 3 is 2.67 bits per heavy atom. The summed E-state index contributed by atoms with van der Waals surface area (Å²) in [6, 6.07) is 1.65. The smallest absolute Gasteiger partial charge is 0.179 e. The van der Waals surface area contributed by atoms with Crippen LogP contribution in [-0.4, -0.2) is 18.8 Å². The SMILES string of the molecule is COc1c(O)cc(C)c(C(C)CN)c1Cl. The molecule has 0 saturated heterocycles. The van der Waals surface area contributed by atoms with Gasteiger partial charge in [0.1, 0.15) is 0 Å². The average Bonchev–Trinajstić information content (AvgIpc) is 2.17. The molecule has 0 aromatic heterocycles. The van der Waals surface area contributed by atoms with Crippen molar-refractivity contribution in [3.8, 4) is 11.5 Å². The first-order valence-electron chi connectivity index (χ1n) is 4.78. The molecule has 4 heteroatoms. The van der Waals surface area contributed by atoms with E-state index >= 15 is 0 Å². The van der Waals surface area contributed by atoms with Crippen molar-refractivity contribution in [1.82, 2.24) is 0 Å². The molecular weight excluding hydrogens is 214 g/mol. The first kappa shape index (κ1) is 12.1. The Morgan fingerprint density at radius 2 is 2.20 bits per heavy atom. The van der Waals surface area contributed by atoms with Gasteiger partial charge in [-0.3, -0.25) is 0 Å². The Hall–Kier alpha value is -0.930. The van der Waals surface area contributed by atoms with Crippen LogP contribution in [-0.2, 0) is 0 Å². The van der Waals surface area contributed by atoms with Crippen molar-refractivity contribution in [3.63, 3.8) is 0 Å². The average molecular weight is 230 g/mol.